The van der Waals surface area contributed by atoms with Crippen LogP contribution in [0.4, 0.5) is 0 Å². The molecule has 0 amide bonds. The Labute approximate surface area is 79.4 Å². The van der Waals surface area contributed by atoms with Crippen molar-refractivity contribution in [2.24, 2.45) is 0 Å². The van der Waals surface area contributed by atoms with E-state index in [1.54, 1.807) is 0 Å². The van der Waals surface area contributed by atoms with Crippen molar-refractivity contribution in [3.63, 3.8) is 0 Å². The summed E-state index contributed by atoms with van der Waals surface area (Å²) < 4.78 is 33.1. The molecule has 0 radical (unpaired) electrons. The SMILES string of the molecule is [K+].[O]=[Cr](=[O])([O-])[OH]. The second kappa shape index (κ2) is 3.66. The normalized spacial score (nSPS) is 9.67. The molecule has 0 spiro atoms. The topological polar surface area (TPSA) is 77.4 Å². The number of hydrogen-bond donors (Lipinski definition) is 1. The second-order valence-electron chi connectivity index (χ2n) is 0.428. The first-order chi connectivity index (χ1) is 2.00. The maximum absolute atomic E-state index is 8.70. The minimum absolute atomic E-state index is 0. The van der Waals surface area contributed by atoms with Crippen LogP contribution in [0.15, 0.2) is 0 Å². The average Bonchev–Trinajstić information content (AvgIpc) is 0.722. The van der Waals surface area contributed by atoms with Crippen LogP contribution in [0.3, 0.4) is 0 Å². The van der Waals surface area contributed by atoms with Crippen LogP contribution in [0.25, 0.3) is 0 Å². The molecule has 0 saturated carbocycles. The van der Waals surface area contributed by atoms with Gasteiger partial charge < -0.3 is 0 Å². The van der Waals surface area contributed by atoms with E-state index in [4.69, 9.17) is 15.9 Å². The molecule has 0 aromatic heterocycles. The van der Waals surface area contributed by atoms with Gasteiger partial charge in [0.15, 0.2) is 0 Å². The fourth-order valence-corrected chi connectivity index (χ4v) is 0. The zero-order valence-electron chi connectivity index (χ0n) is 3.08. The Morgan fingerprint density at radius 3 is 1.50 bits per heavy atom. The monoisotopic (exact) mass is 156 g/mol. The molecule has 0 saturated heterocycles. The summed E-state index contributed by atoms with van der Waals surface area (Å²) in [6, 6.07) is 0. The summed E-state index contributed by atoms with van der Waals surface area (Å²) in [6.07, 6.45) is 0. The molecule has 0 heterocycles. The van der Waals surface area contributed by atoms with Crippen LogP contribution < -0.4 is 55.5 Å². The first-order valence-electron chi connectivity index (χ1n) is 0.683. The Hall–Kier alpha value is 1.69. The van der Waals surface area contributed by atoms with Gasteiger partial charge in [-0.25, -0.2) is 0 Å². The maximum atomic E-state index is 8.70. The standard InChI is InChI=1S/Cr.K.H2O.3O/h;;1H2;;;/q2*+1;;;;-1/p-1. The third-order valence-electron chi connectivity index (χ3n) is 0. The molecule has 0 aliphatic heterocycles. The average molecular weight is 156 g/mol. The van der Waals surface area contributed by atoms with Gasteiger partial charge in [0.25, 0.3) is 0 Å². The van der Waals surface area contributed by atoms with E-state index < -0.39 is 13.6 Å². The van der Waals surface area contributed by atoms with Crippen molar-refractivity contribution >= 4 is 0 Å². The minimum atomic E-state index is -5.50. The molecule has 0 fully saturated rings. The number of rotatable bonds is 0. The van der Waals surface area contributed by atoms with Gasteiger partial charge in [0.1, 0.15) is 0 Å². The van der Waals surface area contributed by atoms with E-state index in [9.17, 15) is 0 Å². The van der Waals surface area contributed by atoms with Gasteiger partial charge in [-0.2, -0.15) is 0 Å². The third-order valence-corrected chi connectivity index (χ3v) is 0. The molecule has 0 aromatic carbocycles. The molecule has 6 heteroatoms. The predicted molar refractivity (Wildman–Crippen MR) is 3.59 cm³/mol. The summed E-state index contributed by atoms with van der Waals surface area (Å²) >= 11 is -5.50. The van der Waals surface area contributed by atoms with Crippen LogP contribution in [-0.2, 0) is 21.2 Å². The molecule has 4 nitrogen and oxygen atoms in total. The van der Waals surface area contributed by atoms with E-state index in [1.165, 1.54) is 0 Å². The molecule has 6 heavy (non-hydrogen) atoms. The van der Waals surface area contributed by atoms with Crippen molar-refractivity contribution in [2.75, 3.05) is 0 Å². The quantitative estimate of drug-likeness (QED) is 0.356. The summed E-state index contributed by atoms with van der Waals surface area (Å²) in [5.74, 6) is 0. The van der Waals surface area contributed by atoms with E-state index in [-0.39, 0.29) is 51.4 Å². The molecule has 0 atom stereocenters. The van der Waals surface area contributed by atoms with Crippen molar-refractivity contribution in [3.8, 4) is 0 Å². The predicted octanol–water partition coefficient (Wildman–Crippen LogP) is -4.98. The summed E-state index contributed by atoms with van der Waals surface area (Å²) in [4.78, 5) is 0. The molecule has 0 aliphatic rings. The molecule has 0 aliphatic carbocycles. The van der Waals surface area contributed by atoms with Gasteiger partial charge in [-0.3, -0.25) is 0 Å². The van der Waals surface area contributed by atoms with Crippen LogP contribution in [0.1, 0.15) is 0 Å². The van der Waals surface area contributed by atoms with Crippen LogP contribution in [0.2, 0.25) is 0 Å². The van der Waals surface area contributed by atoms with E-state index in [1.807, 2.05) is 0 Å². The van der Waals surface area contributed by atoms with Crippen LogP contribution in [0, 0.1) is 0 Å². The Bertz CT molecular complexity index is 90.7. The summed E-state index contributed by atoms with van der Waals surface area (Å²) in [5, 5.41) is 0. The van der Waals surface area contributed by atoms with Crippen LogP contribution in [-0.4, -0.2) is 4.16 Å². The van der Waals surface area contributed by atoms with Crippen molar-refractivity contribution in [3.05, 3.63) is 0 Å². The van der Waals surface area contributed by atoms with Gasteiger partial charge in [-0.1, -0.05) is 0 Å². The van der Waals surface area contributed by atoms with Gasteiger partial charge in [-0.15, -0.1) is 0 Å². The molecule has 0 bridgehead atoms. The van der Waals surface area contributed by atoms with Crippen LogP contribution >= 0.6 is 0 Å². The van der Waals surface area contributed by atoms with Crippen molar-refractivity contribution in [2.45, 2.75) is 0 Å². The molecule has 0 aromatic rings. The Balaban J connectivity index is 0. The molecule has 1 N–H and O–H groups in total. The zero-order chi connectivity index (χ0) is 4.50. The van der Waals surface area contributed by atoms with Gasteiger partial charge in [-0.05, 0) is 0 Å². The van der Waals surface area contributed by atoms with Crippen molar-refractivity contribution in [1.82, 2.24) is 0 Å². The van der Waals surface area contributed by atoms with Gasteiger partial charge in [0.2, 0.25) is 0 Å². The molecule has 0 unspecified atom stereocenters. The first-order valence-corrected chi connectivity index (χ1v) is 2.81. The van der Waals surface area contributed by atoms with Gasteiger partial charge in [0, 0.05) is 0 Å². The summed E-state index contributed by atoms with van der Waals surface area (Å²) in [6.45, 7) is 0. The Morgan fingerprint density at radius 2 is 1.50 bits per heavy atom. The van der Waals surface area contributed by atoms with E-state index >= 15 is 0 Å². The number of hydrogen-bond acceptors (Lipinski definition) is 3. The summed E-state index contributed by atoms with van der Waals surface area (Å²) in [7, 11) is 0. The van der Waals surface area contributed by atoms with E-state index in [0.717, 1.165) is 0 Å². The second-order valence-corrected chi connectivity index (χ2v) is 1.76. The van der Waals surface area contributed by atoms with Crippen molar-refractivity contribution < 1.29 is 80.9 Å². The zero-order valence-corrected chi connectivity index (χ0v) is 7.48. The van der Waals surface area contributed by atoms with Gasteiger partial charge >= 0.3 is 80.9 Å². The van der Waals surface area contributed by atoms with E-state index in [0.29, 0.717) is 0 Å². The van der Waals surface area contributed by atoms with Crippen LogP contribution in [0.5, 0.6) is 0 Å². The van der Waals surface area contributed by atoms with Crippen molar-refractivity contribution in [1.29, 1.82) is 0 Å². The fraction of sp³-hybridized carbons (Fsp3) is 0. The Morgan fingerprint density at radius 1 is 1.50 bits per heavy atom. The molecular weight excluding hydrogens is 155 g/mol. The molecule has 32 valence electrons. The third kappa shape index (κ3) is 43.9. The van der Waals surface area contributed by atoms with E-state index in [2.05, 4.69) is 0 Å². The molecular formula is HCrKO4. The fourth-order valence-electron chi connectivity index (χ4n) is 0. The first kappa shape index (κ1) is 10.6. The Kier molecular flexibility index (Phi) is 6.49. The summed E-state index contributed by atoms with van der Waals surface area (Å²) in [5.41, 5.74) is 0. The molecule has 0 rings (SSSR count). The van der Waals surface area contributed by atoms with Gasteiger partial charge in [0.05, 0.1) is 0 Å².